The molecule has 1 aliphatic heterocycles. The summed E-state index contributed by atoms with van der Waals surface area (Å²) in [5, 5.41) is 3.08. The van der Waals surface area contributed by atoms with E-state index in [-0.39, 0.29) is 11.8 Å². The summed E-state index contributed by atoms with van der Waals surface area (Å²) in [5.41, 5.74) is 1.16. The summed E-state index contributed by atoms with van der Waals surface area (Å²) in [6.07, 6.45) is 5.20. The third kappa shape index (κ3) is 4.68. The molecule has 6 nitrogen and oxygen atoms in total. The molecule has 0 radical (unpaired) electrons. The number of carbonyl (C=O) groups excluding carboxylic acids is 1. The van der Waals surface area contributed by atoms with Gasteiger partial charge >= 0.3 is 0 Å². The molecule has 1 N–H and O–H groups in total. The molecule has 0 atom stereocenters. The SMILES string of the molecule is CN(CCNC(=O)C1CCN(c2ncccn2)CC1)c1ccccc1. The molecule has 1 aliphatic rings. The highest BCUT2D eigenvalue weighted by Gasteiger charge is 2.25. The van der Waals surface area contributed by atoms with Crippen molar-refractivity contribution in [2.24, 2.45) is 5.92 Å². The van der Waals surface area contributed by atoms with E-state index in [9.17, 15) is 4.79 Å². The summed E-state index contributed by atoms with van der Waals surface area (Å²) in [4.78, 5) is 25.2. The average Bonchev–Trinajstić information content (AvgIpc) is 2.69. The van der Waals surface area contributed by atoms with Crippen molar-refractivity contribution in [1.82, 2.24) is 15.3 Å². The monoisotopic (exact) mass is 339 g/mol. The molecule has 1 aromatic carbocycles. The Hall–Kier alpha value is -2.63. The van der Waals surface area contributed by atoms with Crippen molar-refractivity contribution < 1.29 is 4.79 Å². The fourth-order valence-electron chi connectivity index (χ4n) is 3.10. The highest BCUT2D eigenvalue weighted by atomic mass is 16.1. The summed E-state index contributed by atoms with van der Waals surface area (Å²) in [6, 6.07) is 12.0. The molecule has 1 fully saturated rings. The van der Waals surface area contributed by atoms with Crippen LogP contribution in [0.2, 0.25) is 0 Å². The molecule has 0 unspecified atom stereocenters. The molecule has 1 saturated heterocycles. The number of amides is 1. The first kappa shape index (κ1) is 17.2. The van der Waals surface area contributed by atoms with Crippen LogP contribution >= 0.6 is 0 Å². The standard InChI is InChI=1S/C19H25N5O/c1-23(17-6-3-2-4-7-17)15-12-20-18(25)16-8-13-24(14-9-16)19-21-10-5-11-22-19/h2-7,10-11,16H,8-9,12-15H2,1H3,(H,20,25). The highest BCUT2D eigenvalue weighted by molar-refractivity contribution is 5.79. The lowest BCUT2D eigenvalue weighted by Crippen LogP contribution is -2.42. The maximum absolute atomic E-state index is 12.4. The lowest BCUT2D eigenvalue weighted by Gasteiger charge is -2.31. The third-order valence-corrected chi connectivity index (χ3v) is 4.64. The number of aromatic nitrogens is 2. The number of para-hydroxylation sites is 1. The summed E-state index contributed by atoms with van der Waals surface area (Å²) in [6.45, 7) is 3.11. The van der Waals surface area contributed by atoms with Gasteiger partial charge in [0, 0.05) is 57.2 Å². The van der Waals surface area contributed by atoms with E-state index in [1.165, 1.54) is 0 Å². The van der Waals surface area contributed by atoms with Gasteiger partial charge in [-0.3, -0.25) is 4.79 Å². The van der Waals surface area contributed by atoms with Gasteiger partial charge in [-0.25, -0.2) is 9.97 Å². The normalized spacial score (nSPS) is 15.0. The number of nitrogens with zero attached hydrogens (tertiary/aromatic N) is 4. The van der Waals surface area contributed by atoms with Crippen LogP contribution in [0.3, 0.4) is 0 Å². The molecule has 132 valence electrons. The second-order valence-electron chi connectivity index (χ2n) is 6.36. The van der Waals surface area contributed by atoms with E-state index in [2.05, 4.69) is 37.2 Å². The van der Waals surface area contributed by atoms with E-state index in [1.54, 1.807) is 12.4 Å². The van der Waals surface area contributed by atoms with Gasteiger partial charge in [-0.05, 0) is 31.0 Å². The maximum atomic E-state index is 12.4. The van der Waals surface area contributed by atoms with E-state index in [0.717, 1.165) is 44.1 Å². The molecule has 2 aromatic rings. The Labute approximate surface area is 148 Å². The van der Waals surface area contributed by atoms with Crippen molar-refractivity contribution in [2.45, 2.75) is 12.8 Å². The van der Waals surface area contributed by atoms with Crippen LogP contribution in [0.4, 0.5) is 11.6 Å². The van der Waals surface area contributed by atoms with E-state index >= 15 is 0 Å². The average molecular weight is 339 g/mol. The fraction of sp³-hybridized carbons (Fsp3) is 0.421. The number of piperidine rings is 1. The van der Waals surface area contributed by atoms with Gasteiger partial charge in [-0.15, -0.1) is 0 Å². The number of rotatable bonds is 6. The molecule has 0 spiro atoms. The fourth-order valence-corrected chi connectivity index (χ4v) is 3.10. The first-order valence-electron chi connectivity index (χ1n) is 8.80. The van der Waals surface area contributed by atoms with Crippen LogP contribution in [0.1, 0.15) is 12.8 Å². The Kier molecular flexibility index (Phi) is 5.82. The lowest BCUT2D eigenvalue weighted by atomic mass is 9.96. The van der Waals surface area contributed by atoms with Crippen LogP contribution in [0.5, 0.6) is 0 Å². The maximum Gasteiger partial charge on any atom is 0.225 e. The van der Waals surface area contributed by atoms with Crippen LogP contribution in [0.15, 0.2) is 48.8 Å². The van der Waals surface area contributed by atoms with Crippen molar-refractivity contribution in [3.63, 3.8) is 0 Å². The van der Waals surface area contributed by atoms with Gasteiger partial charge in [0.2, 0.25) is 11.9 Å². The number of hydrogen-bond donors (Lipinski definition) is 1. The van der Waals surface area contributed by atoms with Crippen molar-refractivity contribution in [3.8, 4) is 0 Å². The van der Waals surface area contributed by atoms with E-state index in [4.69, 9.17) is 0 Å². The highest BCUT2D eigenvalue weighted by Crippen LogP contribution is 2.20. The Morgan fingerprint density at radius 2 is 1.84 bits per heavy atom. The summed E-state index contributed by atoms with van der Waals surface area (Å²) in [7, 11) is 2.04. The Morgan fingerprint density at radius 3 is 2.52 bits per heavy atom. The van der Waals surface area contributed by atoms with Crippen molar-refractivity contribution in [1.29, 1.82) is 0 Å². The van der Waals surface area contributed by atoms with E-state index in [1.807, 2.05) is 31.3 Å². The first-order valence-corrected chi connectivity index (χ1v) is 8.80. The van der Waals surface area contributed by atoms with Gasteiger partial charge in [-0.2, -0.15) is 0 Å². The van der Waals surface area contributed by atoms with Crippen LogP contribution in [0.25, 0.3) is 0 Å². The van der Waals surface area contributed by atoms with Crippen LogP contribution in [-0.2, 0) is 4.79 Å². The molecule has 1 amide bonds. The third-order valence-electron chi connectivity index (χ3n) is 4.64. The molecule has 0 saturated carbocycles. The topological polar surface area (TPSA) is 61.4 Å². The Balaban J connectivity index is 1.39. The molecule has 1 aromatic heterocycles. The van der Waals surface area contributed by atoms with Gasteiger partial charge < -0.3 is 15.1 Å². The Morgan fingerprint density at radius 1 is 1.16 bits per heavy atom. The minimum atomic E-state index is 0.0852. The summed E-state index contributed by atoms with van der Waals surface area (Å²) in [5.74, 6) is 1.00. The molecular weight excluding hydrogens is 314 g/mol. The van der Waals surface area contributed by atoms with Crippen molar-refractivity contribution in [3.05, 3.63) is 48.8 Å². The van der Waals surface area contributed by atoms with E-state index < -0.39 is 0 Å². The number of hydrogen-bond acceptors (Lipinski definition) is 5. The van der Waals surface area contributed by atoms with Crippen molar-refractivity contribution >= 4 is 17.5 Å². The zero-order chi connectivity index (χ0) is 17.5. The van der Waals surface area contributed by atoms with Gasteiger partial charge in [0.1, 0.15) is 0 Å². The number of likely N-dealkylation sites (N-methyl/N-ethyl adjacent to an activating group) is 1. The smallest absolute Gasteiger partial charge is 0.225 e. The molecule has 0 aliphatic carbocycles. The zero-order valence-corrected chi connectivity index (χ0v) is 14.6. The predicted octanol–water partition coefficient (Wildman–Crippen LogP) is 1.95. The number of benzene rings is 1. The molecule has 25 heavy (non-hydrogen) atoms. The predicted molar refractivity (Wildman–Crippen MR) is 99.7 cm³/mol. The van der Waals surface area contributed by atoms with Gasteiger partial charge in [0.05, 0.1) is 0 Å². The molecule has 6 heteroatoms. The number of anilines is 2. The molecular formula is C19H25N5O. The van der Waals surface area contributed by atoms with E-state index in [0.29, 0.717) is 6.54 Å². The quantitative estimate of drug-likeness (QED) is 0.871. The van der Waals surface area contributed by atoms with Crippen LogP contribution < -0.4 is 15.1 Å². The Bertz CT molecular complexity index is 656. The summed E-state index contributed by atoms with van der Waals surface area (Å²) >= 11 is 0. The molecule has 2 heterocycles. The largest absolute Gasteiger partial charge is 0.373 e. The number of nitrogens with one attached hydrogen (secondary N) is 1. The minimum Gasteiger partial charge on any atom is -0.373 e. The number of carbonyl (C=O) groups is 1. The van der Waals surface area contributed by atoms with Crippen molar-refractivity contribution in [2.75, 3.05) is 43.0 Å². The second-order valence-corrected chi connectivity index (χ2v) is 6.36. The van der Waals surface area contributed by atoms with Crippen LogP contribution in [-0.4, -0.2) is 49.1 Å². The minimum absolute atomic E-state index is 0.0852. The van der Waals surface area contributed by atoms with Gasteiger partial charge in [0.25, 0.3) is 0 Å². The van der Waals surface area contributed by atoms with Crippen LogP contribution in [0, 0.1) is 5.92 Å². The first-order chi connectivity index (χ1) is 12.2. The van der Waals surface area contributed by atoms with Gasteiger partial charge in [0.15, 0.2) is 0 Å². The van der Waals surface area contributed by atoms with Gasteiger partial charge in [-0.1, -0.05) is 18.2 Å². The molecule has 3 rings (SSSR count). The molecule has 0 bridgehead atoms. The lowest BCUT2D eigenvalue weighted by molar-refractivity contribution is -0.125. The summed E-state index contributed by atoms with van der Waals surface area (Å²) < 4.78 is 0. The zero-order valence-electron chi connectivity index (χ0n) is 14.6. The second kappa shape index (κ2) is 8.46.